The quantitative estimate of drug-likeness (QED) is 0.246. The first-order valence-electron chi connectivity index (χ1n) is 21.8. The fourth-order valence-electron chi connectivity index (χ4n) is 9.82. The topological polar surface area (TPSA) is 161 Å². The molecule has 0 spiro atoms. The molecule has 3 saturated carbocycles. The van der Waals surface area contributed by atoms with E-state index in [-0.39, 0.29) is 54.1 Å². The van der Waals surface area contributed by atoms with E-state index in [1.165, 1.54) is 17.5 Å². The Bertz CT molecular complexity index is 1590. The van der Waals surface area contributed by atoms with Crippen molar-refractivity contribution in [3.05, 3.63) is 35.4 Å². The third kappa shape index (κ3) is 11.7. The smallest absolute Gasteiger partial charge is 0.411 e. The molecular weight excluding hydrogens is 741 g/mol. The lowest BCUT2D eigenvalue weighted by atomic mass is 9.83. The molecule has 3 N–H and O–H groups in total. The Balaban J connectivity index is 0.000000198. The molecule has 3 aliphatic carbocycles. The number of ether oxygens (including phenoxy) is 2. The molecule has 1 aromatic carbocycles. The van der Waals surface area contributed by atoms with Crippen LogP contribution in [0.2, 0.25) is 0 Å². The van der Waals surface area contributed by atoms with Crippen LogP contribution in [0.25, 0.3) is 0 Å². The van der Waals surface area contributed by atoms with Crippen LogP contribution in [0.5, 0.6) is 0 Å². The minimum atomic E-state index is -0.838. The lowest BCUT2D eigenvalue weighted by Gasteiger charge is -2.41. The number of nitrogens with one attached hydrogen (secondary N) is 2. The van der Waals surface area contributed by atoms with Gasteiger partial charge >= 0.3 is 12.1 Å². The van der Waals surface area contributed by atoms with Gasteiger partial charge in [-0.15, -0.1) is 0 Å². The number of amides is 4. The van der Waals surface area contributed by atoms with Gasteiger partial charge in [-0.3, -0.25) is 34.3 Å². The number of hydrogen-bond donors (Lipinski definition) is 3. The molecule has 7 rings (SSSR count). The van der Waals surface area contributed by atoms with Gasteiger partial charge in [-0.05, 0) is 97.0 Å². The van der Waals surface area contributed by atoms with Crippen LogP contribution >= 0.6 is 0 Å². The highest BCUT2D eigenvalue weighted by Gasteiger charge is 2.56. The summed E-state index contributed by atoms with van der Waals surface area (Å²) in [5.41, 5.74) is 1.60. The van der Waals surface area contributed by atoms with Crippen LogP contribution in [0.3, 0.4) is 0 Å². The molecule has 14 heteroatoms. The molecule has 3 heterocycles. The second kappa shape index (κ2) is 19.1. The van der Waals surface area contributed by atoms with Crippen LogP contribution in [0.4, 0.5) is 4.79 Å². The van der Waals surface area contributed by atoms with E-state index in [9.17, 15) is 24.0 Å². The number of carbonyl (C=O) groups excluding carboxylic acids is 4. The first-order chi connectivity index (χ1) is 27.7. The van der Waals surface area contributed by atoms with E-state index in [1.54, 1.807) is 4.90 Å². The van der Waals surface area contributed by atoms with Gasteiger partial charge in [0.25, 0.3) is 0 Å². The van der Waals surface area contributed by atoms with E-state index in [1.807, 2.05) is 30.6 Å². The summed E-state index contributed by atoms with van der Waals surface area (Å²) in [7, 11) is 0. The van der Waals surface area contributed by atoms with Crippen molar-refractivity contribution in [2.45, 2.75) is 139 Å². The average molecular weight is 809 g/mol. The molecule has 3 aliphatic heterocycles. The van der Waals surface area contributed by atoms with Crippen molar-refractivity contribution in [1.82, 2.24) is 30.2 Å². The number of aliphatic carboxylic acids is 1. The van der Waals surface area contributed by atoms with Gasteiger partial charge < -0.3 is 29.7 Å². The fraction of sp³-hybridized carbons (Fsp3) is 0.750. The Kier molecular flexibility index (Phi) is 14.4. The summed E-state index contributed by atoms with van der Waals surface area (Å²) in [5, 5.41) is 15.0. The van der Waals surface area contributed by atoms with Gasteiger partial charge in [0.15, 0.2) is 0 Å². The molecule has 4 unspecified atom stereocenters. The summed E-state index contributed by atoms with van der Waals surface area (Å²) in [4.78, 5) is 68.5. The van der Waals surface area contributed by atoms with E-state index >= 15 is 0 Å². The molecule has 0 radical (unpaired) electrons. The Labute approximate surface area is 344 Å². The largest absolute Gasteiger partial charge is 0.480 e. The predicted octanol–water partition coefficient (Wildman–Crippen LogP) is 4.29. The maximum Gasteiger partial charge on any atom is 0.411 e. The minimum absolute atomic E-state index is 0.0305. The van der Waals surface area contributed by atoms with Crippen LogP contribution in [-0.4, -0.2) is 149 Å². The third-order valence-electron chi connectivity index (χ3n) is 13.0. The number of piperidine rings is 1. The molecule has 0 aromatic heterocycles. The van der Waals surface area contributed by atoms with E-state index in [2.05, 4.69) is 46.7 Å². The normalized spacial score (nSPS) is 26.9. The van der Waals surface area contributed by atoms with Gasteiger partial charge in [0.2, 0.25) is 18.2 Å². The molecule has 6 aliphatic rings. The molecule has 1 aromatic rings. The lowest BCUT2D eigenvalue weighted by molar-refractivity contribution is -0.139. The number of likely N-dealkylation sites (tertiary alicyclic amines) is 1. The SMILES string of the molecule is Cc1cccc(C2CCCN(C(=O)CN(C(=O)OC(C)(C)C)C3CC3)C2)c1.O=CNC(C(=O)N1CCN(CC23CCC(NCC(=O)O)(CO2)C3)CC1)C1CCCCC1. The predicted molar refractivity (Wildman–Crippen MR) is 219 cm³/mol. The standard InChI is InChI=1S/C22H36N4O5.C22H32N2O3/c27-16-23-19(17-4-2-1-3-5-17)20(30)26-10-8-25(9-11-26)14-22-7-6-21(13-22,15-31-22)24-12-18(28)29;1-16-7-5-8-17(13-16)18-9-6-12-23(14-18)20(25)15-24(19-10-11-19)21(26)27-22(2,3)4/h16-17,19,24H,1-15H2,(H,23,27)(H,28,29);5,7-8,13,18-19H,6,9-12,14-15H2,1-4H3. The molecule has 4 amide bonds. The molecule has 14 nitrogen and oxygen atoms in total. The monoisotopic (exact) mass is 809 g/mol. The van der Waals surface area contributed by atoms with Gasteiger partial charge in [0, 0.05) is 63.3 Å². The van der Waals surface area contributed by atoms with Crippen LogP contribution in [0.1, 0.15) is 115 Å². The molecular formula is C44H68N6O8. The van der Waals surface area contributed by atoms with Crippen molar-refractivity contribution in [2.24, 2.45) is 5.92 Å². The maximum atomic E-state index is 13.1. The van der Waals surface area contributed by atoms with Crippen LogP contribution < -0.4 is 10.6 Å². The Hall–Kier alpha value is -3.75. The van der Waals surface area contributed by atoms with Crippen molar-refractivity contribution in [3.63, 3.8) is 0 Å². The first-order valence-corrected chi connectivity index (χ1v) is 21.8. The number of hydrogen-bond acceptors (Lipinski definition) is 9. The number of aryl methyl sites for hydroxylation is 1. The Morgan fingerprint density at radius 1 is 0.983 bits per heavy atom. The highest BCUT2D eigenvalue weighted by atomic mass is 16.6. The first kappa shape index (κ1) is 43.8. The van der Waals surface area contributed by atoms with E-state index in [4.69, 9.17) is 14.6 Å². The number of carboxylic acid groups (broad SMARTS) is 1. The van der Waals surface area contributed by atoms with E-state index in [0.717, 1.165) is 103 Å². The third-order valence-corrected chi connectivity index (χ3v) is 13.0. The van der Waals surface area contributed by atoms with E-state index < -0.39 is 17.6 Å². The maximum absolute atomic E-state index is 13.1. The highest BCUT2D eigenvalue weighted by Crippen LogP contribution is 2.47. The summed E-state index contributed by atoms with van der Waals surface area (Å²) in [6.45, 7) is 13.6. The van der Waals surface area contributed by atoms with Gasteiger partial charge in [0.05, 0.1) is 18.8 Å². The molecule has 3 saturated heterocycles. The van der Waals surface area contributed by atoms with Crippen molar-refractivity contribution in [2.75, 3.05) is 65.5 Å². The Morgan fingerprint density at radius 3 is 2.34 bits per heavy atom. The summed E-state index contributed by atoms with van der Waals surface area (Å²) >= 11 is 0. The van der Waals surface area contributed by atoms with Crippen molar-refractivity contribution >= 4 is 30.3 Å². The van der Waals surface area contributed by atoms with Gasteiger partial charge in [-0.1, -0.05) is 49.1 Å². The van der Waals surface area contributed by atoms with Crippen molar-refractivity contribution < 1.29 is 38.6 Å². The molecule has 6 fully saturated rings. The number of carbonyl (C=O) groups is 5. The van der Waals surface area contributed by atoms with Gasteiger partial charge in [-0.2, -0.15) is 0 Å². The lowest BCUT2D eigenvalue weighted by Crippen LogP contribution is -2.57. The summed E-state index contributed by atoms with van der Waals surface area (Å²) in [6, 6.07) is 8.32. The Morgan fingerprint density at radius 2 is 1.72 bits per heavy atom. The average Bonchev–Trinajstić information content (AvgIpc) is 3.90. The zero-order valence-electron chi connectivity index (χ0n) is 35.3. The van der Waals surface area contributed by atoms with Crippen molar-refractivity contribution in [1.29, 1.82) is 0 Å². The number of nitrogens with zero attached hydrogens (tertiary/aromatic N) is 4. The molecule has 322 valence electrons. The number of rotatable bonds is 13. The van der Waals surface area contributed by atoms with Gasteiger partial charge in [0.1, 0.15) is 18.2 Å². The molecule has 4 atom stereocenters. The van der Waals surface area contributed by atoms with Crippen molar-refractivity contribution in [3.8, 4) is 0 Å². The summed E-state index contributed by atoms with van der Waals surface area (Å²) in [6.07, 6.45) is 12.5. The second-order valence-electron chi connectivity index (χ2n) is 18.9. The second-order valence-corrected chi connectivity index (χ2v) is 18.9. The zero-order chi connectivity index (χ0) is 41.5. The van der Waals surface area contributed by atoms with Crippen LogP contribution in [0, 0.1) is 12.8 Å². The number of carboxylic acids is 1. The number of benzene rings is 1. The van der Waals surface area contributed by atoms with Gasteiger partial charge in [-0.25, -0.2) is 4.79 Å². The van der Waals surface area contributed by atoms with Crippen LogP contribution in [0.15, 0.2) is 24.3 Å². The fourth-order valence-corrected chi connectivity index (χ4v) is 9.82. The number of fused-ring (bicyclic) bond motifs is 2. The van der Waals surface area contributed by atoms with E-state index in [0.29, 0.717) is 32.0 Å². The minimum Gasteiger partial charge on any atom is -0.480 e. The molecule has 58 heavy (non-hydrogen) atoms. The summed E-state index contributed by atoms with van der Waals surface area (Å²) < 4.78 is 11.7. The number of piperazine rings is 1. The summed E-state index contributed by atoms with van der Waals surface area (Å²) in [5.74, 6) is -0.120. The zero-order valence-corrected chi connectivity index (χ0v) is 35.3. The highest BCUT2D eigenvalue weighted by molar-refractivity contribution is 5.84. The van der Waals surface area contributed by atoms with Crippen LogP contribution in [-0.2, 0) is 28.7 Å². The molecule has 2 bridgehead atoms.